The van der Waals surface area contributed by atoms with Crippen LogP contribution in [0.3, 0.4) is 0 Å². The van der Waals surface area contributed by atoms with Gasteiger partial charge in [-0.1, -0.05) is 26.8 Å². The molecule has 0 aromatic rings. The summed E-state index contributed by atoms with van der Waals surface area (Å²) in [4.78, 5) is 21.1. The second-order valence-corrected chi connectivity index (χ2v) is 4.33. The van der Waals surface area contributed by atoms with Crippen molar-refractivity contribution in [2.45, 2.75) is 33.6 Å². The number of hydrogen-bond donors (Lipinski definition) is 0. The van der Waals surface area contributed by atoms with Crippen LogP contribution in [0.1, 0.15) is 33.6 Å². The summed E-state index contributed by atoms with van der Waals surface area (Å²) in [6, 6.07) is 0. The standard InChI is InChI=1S/C12H20O2/c1-5-12(4,7-9-14)11(6-8-13)10(2)3/h5,8-11H,1,6-7H2,2-4H3/t11-,12+/m1/s1. The van der Waals surface area contributed by atoms with E-state index < -0.39 is 0 Å². The normalized spacial score (nSPS) is 17.1. The summed E-state index contributed by atoms with van der Waals surface area (Å²) < 4.78 is 0. The second-order valence-electron chi connectivity index (χ2n) is 4.33. The van der Waals surface area contributed by atoms with Crippen LogP contribution < -0.4 is 0 Å². The van der Waals surface area contributed by atoms with Gasteiger partial charge in [-0.05, 0) is 17.3 Å². The molecule has 0 spiro atoms. The molecule has 0 unspecified atom stereocenters. The molecular formula is C12H20O2. The number of allylic oxidation sites excluding steroid dienone is 1. The summed E-state index contributed by atoms with van der Waals surface area (Å²) in [5, 5.41) is 0. The smallest absolute Gasteiger partial charge is 0.120 e. The number of carbonyl (C=O) groups excluding carboxylic acids is 2. The minimum absolute atomic E-state index is 0.197. The van der Waals surface area contributed by atoms with Crippen molar-refractivity contribution in [1.82, 2.24) is 0 Å². The molecule has 0 bridgehead atoms. The first kappa shape index (κ1) is 13.1. The third-order valence-electron chi connectivity index (χ3n) is 2.99. The van der Waals surface area contributed by atoms with Crippen LogP contribution in [0.2, 0.25) is 0 Å². The summed E-state index contributed by atoms with van der Waals surface area (Å²) in [5.41, 5.74) is -0.253. The van der Waals surface area contributed by atoms with Gasteiger partial charge in [0, 0.05) is 12.8 Å². The van der Waals surface area contributed by atoms with Crippen molar-refractivity contribution < 1.29 is 9.59 Å². The molecule has 0 N–H and O–H groups in total. The molecular weight excluding hydrogens is 176 g/mol. The van der Waals surface area contributed by atoms with Crippen molar-refractivity contribution in [2.24, 2.45) is 17.3 Å². The number of rotatable bonds is 7. The lowest BCUT2D eigenvalue weighted by atomic mass is 9.68. The quantitative estimate of drug-likeness (QED) is 0.463. The molecule has 0 aromatic heterocycles. The molecule has 14 heavy (non-hydrogen) atoms. The summed E-state index contributed by atoms with van der Waals surface area (Å²) in [6.45, 7) is 9.89. The van der Waals surface area contributed by atoms with Crippen LogP contribution in [0.5, 0.6) is 0 Å². The van der Waals surface area contributed by atoms with Crippen LogP contribution in [0, 0.1) is 17.3 Å². The highest BCUT2D eigenvalue weighted by atomic mass is 16.1. The lowest BCUT2D eigenvalue weighted by Crippen LogP contribution is -2.30. The summed E-state index contributed by atoms with van der Waals surface area (Å²) >= 11 is 0. The summed E-state index contributed by atoms with van der Waals surface area (Å²) in [7, 11) is 0. The van der Waals surface area contributed by atoms with E-state index in [4.69, 9.17) is 0 Å². The van der Waals surface area contributed by atoms with E-state index >= 15 is 0 Å². The molecule has 0 aliphatic heterocycles. The maximum Gasteiger partial charge on any atom is 0.120 e. The average Bonchev–Trinajstić information content (AvgIpc) is 2.14. The minimum Gasteiger partial charge on any atom is -0.303 e. The maximum absolute atomic E-state index is 10.6. The fraction of sp³-hybridized carbons (Fsp3) is 0.667. The number of hydrogen-bond acceptors (Lipinski definition) is 2. The van der Waals surface area contributed by atoms with Gasteiger partial charge in [0.1, 0.15) is 12.6 Å². The topological polar surface area (TPSA) is 34.1 Å². The third-order valence-corrected chi connectivity index (χ3v) is 2.99. The highest BCUT2D eigenvalue weighted by molar-refractivity contribution is 5.53. The molecule has 0 aliphatic carbocycles. The van der Waals surface area contributed by atoms with E-state index in [1.165, 1.54) is 0 Å². The number of carbonyl (C=O) groups is 2. The predicted octanol–water partition coefficient (Wildman–Crippen LogP) is 2.63. The van der Waals surface area contributed by atoms with Crippen molar-refractivity contribution in [3.63, 3.8) is 0 Å². The Bertz CT molecular complexity index is 208. The molecule has 0 radical (unpaired) electrons. The zero-order valence-corrected chi connectivity index (χ0v) is 9.32. The van der Waals surface area contributed by atoms with Gasteiger partial charge in [-0.25, -0.2) is 0 Å². The molecule has 0 aromatic carbocycles. The SMILES string of the molecule is C=C[C@@](C)(CC=O)[C@H](CC=O)C(C)C. The molecule has 0 fully saturated rings. The molecule has 0 aliphatic rings. The van der Waals surface area contributed by atoms with Gasteiger partial charge in [-0.2, -0.15) is 0 Å². The van der Waals surface area contributed by atoms with E-state index in [2.05, 4.69) is 20.4 Å². The highest BCUT2D eigenvalue weighted by Crippen LogP contribution is 2.38. The van der Waals surface area contributed by atoms with E-state index in [-0.39, 0.29) is 11.3 Å². The summed E-state index contributed by atoms with van der Waals surface area (Å²) in [5.74, 6) is 0.575. The molecule has 0 saturated heterocycles. The molecule has 0 rings (SSSR count). The Morgan fingerprint density at radius 1 is 1.29 bits per heavy atom. The van der Waals surface area contributed by atoms with E-state index in [0.29, 0.717) is 18.8 Å². The van der Waals surface area contributed by atoms with Gasteiger partial charge in [0.25, 0.3) is 0 Å². The maximum atomic E-state index is 10.6. The third kappa shape index (κ3) is 3.09. The first-order valence-corrected chi connectivity index (χ1v) is 5.02. The van der Waals surface area contributed by atoms with Crippen molar-refractivity contribution in [3.8, 4) is 0 Å². The van der Waals surface area contributed by atoms with Gasteiger partial charge in [-0.15, -0.1) is 6.58 Å². The Kier molecular flexibility index (Phi) is 5.36. The van der Waals surface area contributed by atoms with Gasteiger partial charge in [0.15, 0.2) is 0 Å². The van der Waals surface area contributed by atoms with Crippen LogP contribution in [-0.4, -0.2) is 12.6 Å². The fourth-order valence-corrected chi connectivity index (χ4v) is 1.97. The first-order chi connectivity index (χ1) is 6.51. The van der Waals surface area contributed by atoms with E-state index in [0.717, 1.165) is 12.6 Å². The largest absolute Gasteiger partial charge is 0.303 e. The number of aldehydes is 2. The Hall–Kier alpha value is -0.920. The second kappa shape index (κ2) is 5.74. The van der Waals surface area contributed by atoms with Crippen molar-refractivity contribution >= 4 is 12.6 Å². The molecule has 0 saturated carbocycles. The lowest BCUT2D eigenvalue weighted by Gasteiger charge is -2.35. The van der Waals surface area contributed by atoms with E-state index in [1.54, 1.807) is 6.08 Å². The zero-order chi connectivity index (χ0) is 11.2. The Morgan fingerprint density at radius 3 is 2.14 bits per heavy atom. The Balaban J connectivity index is 4.80. The van der Waals surface area contributed by atoms with Crippen molar-refractivity contribution in [2.75, 3.05) is 0 Å². The zero-order valence-electron chi connectivity index (χ0n) is 9.32. The summed E-state index contributed by atoms with van der Waals surface area (Å²) in [6.07, 6.45) is 4.57. The van der Waals surface area contributed by atoms with Gasteiger partial charge in [0.05, 0.1) is 0 Å². The van der Waals surface area contributed by atoms with Gasteiger partial charge >= 0.3 is 0 Å². The van der Waals surface area contributed by atoms with E-state index in [9.17, 15) is 9.59 Å². The van der Waals surface area contributed by atoms with Crippen LogP contribution in [0.15, 0.2) is 12.7 Å². The molecule has 0 heterocycles. The molecule has 0 amide bonds. The Labute approximate surface area is 86.4 Å². The van der Waals surface area contributed by atoms with Crippen molar-refractivity contribution in [1.29, 1.82) is 0 Å². The van der Waals surface area contributed by atoms with Crippen molar-refractivity contribution in [3.05, 3.63) is 12.7 Å². The predicted molar refractivity (Wildman–Crippen MR) is 58.0 cm³/mol. The molecule has 2 heteroatoms. The van der Waals surface area contributed by atoms with Crippen LogP contribution >= 0.6 is 0 Å². The Morgan fingerprint density at radius 2 is 1.86 bits per heavy atom. The van der Waals surface area contributed by atoms with Crippen LogP contribution in [-0.2, 0) is 9.59 Å². The first-order valence-electron chi connectivity index (χ1n) is 5.02. The highest BCUT2D eigenvalue weighted by Gasteiger charge is 2.32. The van der Waals surface area contributed by atoms with Gasteiger partial charge in [-0.3, -0.25) is 0 Å². The molecule has 2 nitrogen and oxygen atoms in total. The van der Waals surface area contributed by atoms with Crippen LogP contribution in [0.25, 0.3) is 0 Å². The monoisotopic (exact) mass is 196 g/mol. The molecule has 2 atom stereocenters. The fourth-order valence-electron chi connectivity index (χ4n) is 1.97. The average molecular weight is 196 g/mol. The molecule has 80 valence electrons. The van der Waals surface area contributed by atoms with Crippen LogP contribution in [0.4, 0.5) is 0 Å². The lowest BCUT2D eigenvalue weighted by molar-refractivity contribution is -0.113. The minimum atomic E-state index is -0.253. The van der Waals surface area contributed by atoms with Gasteiger partial charge in [0.2, 0.25) is 0 Å². The van der Waals surface area contributed by atoms with Gasteiger partial charge < -0.3 is 9.59 Å². The van der Waals surface area contributed by atoms with E-state index in [1.807, 2.05) is 6.92 Å².